The van der Waals surface area contributed by atoms with Crippen molar-refractivity contribution >= 4 is 11.9 Å². The number of carboxylic acid groups (broad SMARTS) is 1. The van der Waals surface area contributed by atoms with Gasteiger partial charge in [-0.05, 0) is 5.16 Å². The third-order valence-corrected chi connectivity index (χ3v) is 1.06. The van der Waals surface area contributed by atoms with E-state index in [-0.39, 0.29) is 19.0 Å². The number of guanidine groups is 1. The largest absolute Gasteiger partial charge is 0.480 e. The Morgan fingerprint density at radius 2 is 2.15 bits per heavy atom. The van der Waals surface area contributed by atoms with Crippen LogP contribution in [0.2, 0.25) is 0 Å². The Morgan fingerprint density at radius 3 is 2.54 bits per heavy atom. The van der Waals surface area contributed by atoms with Gasteiger partial charge < -0.3 is 21.4 Å². The van der Waals surface area contributed by atoms with Crippen molar-refractivity contribution in [2.45, 2.75) is 12.5 Å². The minimum absolute atomic E-state index is 0.0738. The molecule has 0 aliphatic carbocycles. The van der Waals surface area contributed by atoms with E-state index in [0.717, 1.165) is 0 Å². The number of nitrogens with two attached hydrogens (primary N) is 2. The molecule has 0 aliphatic rings. The summed E-state index contributed by atoms with van der Waals surface area (Å²) in [4.78, 5) is 24.6. The molecule has 0 unspecified atom stereocenters. The molecule has 0 aromatic carbocycles. The Morgan fingerprint density at radius 1 is 1.54 bits per heavy atom. The maximum Gasteiger partial charge on any atom is 0.332 e. The first-order valence-corrected chi connectivity index (χ1v) is 3.34. The van der Waals surface area contributed by atoms with Crippen LogP contribution in [0.5, 0.6) is 0 Å². The predicted molar refractivity (Wildman–Crippen MR) is 43.6 cm³/mol. The van der Waals surface area contributed by atoms with Crippen LogP contribution in [0.4, 0.5) is 0 Å². The lowest BCUT2D eigenvalue weighted by Crippen LogP contribution is -2.23. The van der Waals surface area contributed by atoms with E-state index >= 15 is 0 Å². The van der Waals surface area contributed by atoms with Crippen molar-refractivity contribution in [1.82, 2.24) is 0 Å². The molecule has 13 heavy (non-hydrogen) atoms. The van der Waals surface area contributed by atoms with Gasteiger partial charge in [-0.15, -0.1) is 4.91 Å². The molecule has 0 fully saturated rings. The van der Waals surface area contributed by atoms with Crippen LogP contribution in [0.3, 0.4) is 0 Å². The Hall–Kier alpha value is -1.86. The lowest BCUT2D eigenvalue weighted by atomic mass is 10.2. The third kappa shape index (κ3) is 5.41. The highest BCUT2D eigenvalue weighted by atomic mass is 16.6. The first-order chi connectivity index (χ1) is 6.07. The third-order valence-electron chi connectivity index (χ3n) is 1.06. The fourth-order valence-corrected chi connectivity index (χ4v) is 0.506. The minimum Gasteiger partial charge on any atom is -0.480 e. The topological polar surface area (TPSA) is 140 Å². The lowest BCUT2D eigenvalue weighted by molar-refractivity contribution is -0.138. The van der Waals surface area contributed by atoms with E-state index in [0.29, 0.717) is 0 Å². The average molecular weight is 190 g/mol. The molecule has 0 radical (unpaired) electrons. The van der Waals surface area contributed by atoms with E-state index in [2.05, 4.69) is 15.2 Å². The molecule has 0 aliphatic heterocycles. The molecule has 8 nitrogen and oxygen atoms in total. The van der Waals surface area contributed by atoms with Crippen LogP contribution < -0.4 is 11.5 Å². The predicted octanol–water partition coefficient (Wildman–Crippen LogP) is -1.20. The van der Waals surface area contributed by atoms with Crippen molar-refractivity contribution in [3.8, 4) is 0 Å². The highest BCUT2D eigenvalue weighted by Gasteiger charge is 2.17. The van der Waals surface area contributed by atoms with E-state index < -0.39 is 12.0 Å². The van der Waals surface area contributed by atoms with E-state index in [4.69, 9.17) is 16.6 Å². The highest BCUT2D eigenvalue weighted by molar-refractivity contribution is 5.75. The molecule has 1 atom stereocenters. The van der Waals surface area contributed by atoms with Gasteiger partial charge in [0.1, 0.15) is 6.61 Å². The van der Waals surface area contributed by atoms with Crippen LogP contribution in [-0.2, 0) is 9.63 Å². The molecule has 0 bridgehead atoms. The first-order valence-electron chi connectivity index (χ1n) is 3.34. The van der Waals surface area contributed by atoms with Gasteiger partial charge in [0.05, 0.1) is 0 Å². The number of nitrogens with zero attached hydrogens (tertiary/aromatic N) is 2. The number of nitroso groups, excluding NO2 is 1. The minimum atomic E-state index is -1.32. The zero-order valence-corrected chi connectivity index (χ0v) is 6.71. The summed E-state index contributed by atoms with van der Waals surface area (Å²) in [5, 5.41) is 13.8. The van der Waals surface area contributed by atoms with Gasteiger partial charge in [-0.3, -0.25) is 0 Å². The van der Waals surface area contributed by atoms with E-state index in [1.165, 1.54) is 0 Å². The molecule has 74 valence electrons. The SMILES string of the molecule is NC(N)=NOCC[C@H](N=O)C(=O)O. The van der Waals surface area contributed by atoms with Crippen LogP contribution in [0.1, 0.15) is 6.42 Å². The molecular weight excluding hydrogens is 180 g/mol. The summed E-state index contributed by atoms with van der Waals surface area (Å²) in [6, 6.07) is -1.32. The standard InChI is InChI=1S/C5H10N4O4/c6-5(7)9-13-2-1-3(8-12)4(10)11/h3H,1-2H2,(H,10,11)(H4,6,7,9)/t3-/m0/s1. The van der Waals surface area contributed by atoms with E-state index in [1.54, 1.807) is 0 Å². The Kier molecular flexibility index (Phi) is 4.93. The summed E-state index contributed by atoms with van der Waals surface area (Å²) < 4.78 is 0. The van der Waals surface area contributed by atoms with E-state index in [1.807, 2.05) is 0 Å². The summed E-state index contributed by atoms with van der Waals surface area (Å²) >= 11 is 0. The van der Waals surface area contributed by atoms with Gasteiger partial charge in [0.15, 0.2) is 6.04 Å². The zero-order chi connectivity index (χ0) is 10.3. The number of carboxylic acids is 1. The second-order valence-corrected chi connectivity index (χ2v) is 2.10. The van der Waals surface area contributed by atoms with Gasteiger partial charge in [-0.1, -0.05) is 5.18 Å². The molecule has 0 heterocycles. The van der Waals surface area contributed by atoms with Gasteiger partial charge in [0.25, 0.3) is 0 Å². The molecule has 5 N–H and O–H groups in total. The molecule has 0 saturated heterocycles. The summed E-state index contributed by atoms with van der Waals surface area (Å²) in [6.45, 7) is -0.0827. The number of hydrogen-bond acceptors (Lipinski definition) is 5. The van der Waals surface area contributed by atoms with Crippen LogP contribution in [0.15, 0.2) is 10.3 Å². The second kappa shape index (κ2) is 5.75. The van der Waals surface area contributed by atoms with Crippen molar-refractivity contribution in [3.05, 3.63) is 4.91 Å². The maximum atomic E-state index is 10.2. The van der Waals surface area contributed by atoms with Crippen LogP contribution >= 0.6 is 0 Å². The van der Waals surface area contributed by atoms with Gasteiger partial charge in [-0.2, -0.15) is 0 Å². The first kappa shape index (κ1) is 11.1. The second-order valence-electron chi connectivity index (χ2n) is 2.10. The molecule has 0 amide bonds. The average Bonchev–Trinajstić information content (AvgIpc) is 2.03. The highest BCUT2D eigenvalue weighted by Crippen LogP contribution is 1.98. The number of carbonyl (C=O) groups is 1. The van der Waals surface area contributed by atoms with Crippen LogP contribution in [0.25, 0.3) is 0 Å². The summed E-state index contributed by atoms with van der Waals surface area (Å²) in [5.41, 5.74) is 9.81. The zero-order valence-electron chi connectivity index (χ0n) is 6.71. The molecule has 0 rings (SSSR count). The van der Waals surface area contributed by atoms with Crippen LogP contribution in [0, 0.1) is 4.91 Å². The molecule has 0 spiro atoms. The fraction of sp³-hybridized carbons (Fsp3) is 0.600. The fourth-order valence-electron chi connectivity index (χ4n) is 0.506. The van der Waals surface area contributed by atoms with Crippen molar-refractivity contribution in [1.29, 1.82) is 0 Å². The van der Waals surface area contributed by atoms with Crippen LogP contribution in [-0.4, -0.2) is 29.7 Å². The number of hydrogen-bond donors (Lipinski definition) is 3. The van der Waals surface area contributed by atoms with Gasteiger partial charge in [0, 0.05) is 6.42 Å². The lowest BCUT2D eigenvalue weighted by Gasteiger charge is -2.01. The number of aliphatic carboxylic acids is 1. The van der Waals surface area contributed by atoms with Crippen molar-refractivity contribution < 1.29 is 14.7 Å². The van der Waals surface area contributed by atoms with E-state index in [9.17, 15) is 9.70 Å². The maximum absolute atomic E-state index is 10.2. The molecule has 0 saturated carbocycles. The Balaban J connectivity index is 3.68. The Labute approximate surface area is 73.5 Å². The normalized spacial score (nSPS) is 11.4. The molecule has 0 aromatic rings. The molecular formula is C5H10N4O4. The summed E-state index contributed by atoms with van der Waals surface area (Å²) in [5.74, 6) is -1.57. The Bertz CT molecular complexity index is 213. The van der Waals surface area contributed by atoms with Gasteiger partial charge in [0.2, 0.25) is 5.96 Å². The number of rotatable bonds is 6. The number of oxime groups is 1. The summed E-state index contributed by atoms with van der Waals surface area (Å²) in [7, 11) is 0. The molecule has 0 aromatic heterocycles. The van der Waals surface area contributed by atoms with Crippen molar-refractivity contribution in [2.24, 2.45) is 21.8 Å². The molecule has 8 heteroatoms. The smallest absolute Gasteiger partial charge is 0.332 e. The monoisotopic (exact) mass is 190 g/mol. The van der Waals surface area contributed by atoms with Crippen molar-refractivity contribution in [3.63, 3.8) is 0 Å². The van der Waals surface area contributed by atoms with Gasteiger partial charge >= 0.3 is 5.97 Å². The van der Waals surface area contributed by atoms with Gasteiger partial charge in [-0.25, -0.2) is 4.79 Å². The quantitative estimate of drug-likeness (QED) is 0.158. The van der Waals surface area contributed by atoms with Crippen molar-refractivity contribution in [2.75, 3.05) is 6.61 Å². The summed E-state index contributed by atoms with van der Waals surface area (Å²) in [6.07, 6.45) is -0.0738.